The Bertz CT molecular complexity index is 2870. The van der Waals surface area contributed by atoms with Gasteiger partial charge in [-0.15, -0.1) is 0 Å². The Morgan fingerprint density at radius 1 is 0.327 bits per heavy atom. The fraction of sp³-hybridized carbons (Fsp3) is 0. The number of para-hydroxylation sites is 3. The van der Waals surface area contributed by atoms with Crippen LogP contribution in [0.2, 0.25) is 0 Å². The zero-order valence-corrected chi connectivity index (χ0v) is 28.5. The largest absolute Gasteiger partial charge is 0.310 e. The molecule has 0 aliphatic heterocycles. The van der Waals surface area contributed by atoms with Crippen molar-refractivity contribution in [1.29, 1.82) is 0 Å². The molecule has 2 nitrogen and oxygen atoms in total. The third-order valence-electron chi connectivity index (χ3n) is 10.3. The number of rotatable bonds is 6. The molecule has 9 aromatic carbocycles. The zero-order valence-electron chi connectivity index (χ0n) is 28.5. The summed E-state index contributed by atoms with van der Waals surface area (Å²) < 4.78 is 2.38. The van der Waals surface area contributed by atoms with Crippen molar-refractivity contribution in [1.82, 2.24) is 4.57 Å². The van der Waals surface area contributed by atoms with E-state index >= 15 is 0 Å². The first kappa shape index (κ1) is 30.0. The van der Waals surface area contributed by atoms with Gasteiger partial charge in [-0.2, -0.15) is 0 Å². The van der Waals surface area contributed by atoms with E-state index in [4.69, 9.17) is 0 Å². The van der Waals surface area contributed by atoms with Crippen molar-refractivity contribution >= 4 is 60.4 Å². The SMILES string of the molecule is c1ccc(-c2c3ccccc3c(-c3ccccc3)c3c(N(c4ccccc4)c4ccc5c(c4)c4ccccc4n5-c4ccccc4)cccc23)cc1. The van der Waals surface area contributed by atoms with E-state index in [2.05, 4.69) is 216 Å². The molecule has 1 aromatic heterocycles. The summed E-state index contributed by atoms with van der Waals surface area (Å²) in [6.07, 6.45) is 0. The molecule has 52 heavy (non-hydrogen) atoms. The second kappa shape index (κ2) is 12.5. The minimum absolute atomic E-state index is 1.11. The van der Waals surface area contributed by atoms with Crippen LogP contribution in [0.5, 0.6) is 0 Å². The first-order chi connectivity index (χ1) is 25.8. The molecule has 2 heteroatoms. The van der Waals surface area contributed by atoms with Crippen LogP contribution < -0.4 is 4.90 Å². The van der Waals surface area contributed by atoms with Crippen molar-refractivity contribution < 1.29 is 0 Å². The van der Waals surface area contributed by atoms with Gasteiger partial charge >= 0.3 is 0 Å². The highest BCUT2D eigenvalue weighted by Crippen LogP contribution is 2.50. The number of benzene rings is 9. The highest BCUT2D eigenvalue weighted by Gasteiger charge is 2.24. The fourth-order valence-electron chi connectivity index (χ4n) is 8.18. The summed E-state index contributed by atoms with van der Waals surface area (Å²) in [6.45, 7) is 0. The van der Waals surface area contributed by atoms with Gasteiger partial charge in [0.1, 0.15) is 0 Å². The minimum Gasteiger partial charge on any atom is -0.310 e. The summed E-state index contributed by atoms with van der Waals surface area (Å²) in [5.74, 6) is 0. The molecule has 0 radical (unpaired) electrons. The molecule has 0 saturated heterocycles. The standard InChI is InChI=1S/C50H34N2/c1-5-18-35(19-6-1)48-41-27-13-14-28-42(41)49(36-20-7-2-8-21-36)50-43(48)29-17-31-47(50)51(37-22-9-3-10-23-37)39-32-33-46-44(34-39)40-26-15-16-30-45(40)52(46)38-24-11-4-12-25-38/h1-34H. The summed E-state index contributed by atoms with van der Waals surface area (Å²) in [5, 5.41) is 7.39. The van der Waals surface area contributed by atoms with E-state index in [9.17, 15) is 0 Å². The van der Waals surface area contributed by atoms with Gasteiger partial charge in [-0.1, -0.05) is 152 Å². The molecule has 1 heterocycles. The molecule has 0 fully saturated rings. The average Bonchev–Trinajstić information content (AvgIpc) is 3.55. The predicted molar refractivity (Wildman–Crippen MR) is 221 cm³/mol. The van der Waals surface area contributed by atoms with E-state index in [0.717, 1.165) is 22.7 Å². The maximum Gasteiger partial charge on any atom is 0.0546 e. The van der Waals surface area contributed by atoms with E-state index in [1.165, 1.54) is 65.6 Å². The lowest BCUT2D eigenvalue weighted by Crippen LogP contribution is -2.11. The molecule has 10 aromatic rings. The quantitative estimate of drug-likeness (QED) is 0.161. The molecule has 0 saturated carbocycles. The van der Waals surface area contributed by atoms with Crippen LogP contribution in [-0.4, -0.2) is 4.57 Å². The first-order valence-electron chi connectivity index (χ1n) is 17.9. The Kier molecular flexibility index (Phi) is 7.18. The lowest BCUT2D eigenvalue weighted by molar-refractivity contribution is 1.18. The highest BCUT2D eigenvalue weighted by molar-refractivity contribution is 6.25. The lowest BCUT2D eigenvalue weighted by Gasteiger charge is -2.29. The van der Waals surface area contributed by atoms with Crippen LogP contribution in [0.4, 0.5) is 17.1 Å². The lowest BCUT2D eigenvalue weighted by atomic mass is 9.85. The summed E-state index contributed by atoms with van der Waals surface area (Å²) in [7, 11) is 0. The van der Waals surface area contributed by atoms with Crippen molar-refractivity contribution in [3.63, 3.8) is 0 Å². The predicted octanol–water partition coefficient (Wildman–Crippen LogP) is 13.9. The van der Waals surface area contributed by atoms with E-state index in [-0.39, 0.29) is 0 Å². The number of anilines is 3. The van der Waals surface area contributed by atoms with Crippen molar-refractivity contribution in [3.8, 4) is 27.9 Å². The number of hydrogen-bond acceptors (Lipinski definition) is 1. The van der Waals surface area contributed by atoms with Gasteiger partial charge in [0, 0.05) is 33.2 Å². The Hall–Kier alpha value is -6.90. The maximum absolute atomic E-state index is 2.45. The van der Waals surface area contributed by atoms with Crippen LogP contribution in [0, 0.1) is 0 Å². The van der Waals surface area contributed by atoms with Gasteiger partial charge in [0.25, 0.3) is 0 Å². The molecule has 0 N–H and O–H groups in total. The van der Waals surface area contributed by atoms with Gasteiger partial charge in [0.05, 0.1) is 16.7 Å². The molecule has 0 aliphatic rings. The first-order valence-corrected chi connectivity index (χ1v) is 17.9. The number of fused-ring (bicyclic) bond motifs is 5. The molecule has 0 atom stereocenters. The van der Waals surface area contributed by atoms with E-state index in [1.807, 2.05) is 0 Å². The smallest absolute Gasteiger partial charge is 0.0546 e. The monoisotopic (exact) mass is 662 g/mol. The summed E-state index contributed by atoms with van der Waals surface area (Å²) in [4.78, 5) is 2.45. The molecule has 0 spiro atoms. The molecule has 244 valence electrons. The Balaban J connectivity index is 1.33. The van der Waals surface area contributed by atoms with Crippen LogP contribution in [0.15, 0.2) is 206 Å². The van der Waals surface area contributed by atoms with Gasteiger partial charge in [-0.25, -0.2) is 0 Å². The number of hydrogen-bond donors (Lipinski definition) is 0. The van der Waals surface area contributed by atoms with Crippen LogP contribution in [0.3, 0.4) is 0 Å². The third kappa shape index (κ3) is 4.80. The molecular weight excluding hydrogens is 629 g/mol. The van der Waals surface area contributed by atoms with E-state index in [0.29, 0.717) is 0 Å². The van der Waals surface area contributed by atoms with Crippen molar-refractivity contribution in [2.75, 3.05) is 4.90 Å². The van der Waals surface area contributed by atoms with Gasteiger partial charge in [0.2, 0.25) is 0 Å². The molecular formula is C50H34N2. The van der Waals surface area contributed by atoms with Crippen LogP contribution in [-0.2, 0) is 0 Å². The molecule has 0 bridgehead atoms. The second-order valence-electron chi connectivity index (χ2n) is 13.3. The minimum atomic E-state index is 1.11. The normalized spacial score (nSPS) is 11.5. The van der Waals surface area contributed by atoms with E-state index < -0.39 is 0 Å². The molecule has 0 amide bonds. The van der Waals surface area contributed by atoms with Crippen molar-refractivity contribution in [3.05, 3.63) is 206 Å². The van der Waals surface area contributed by atoms with Crippen LogP contribution in [0.1, 0.15) is 0 Å². The molecule has 0 unspecified atom stereocenters. The van der Waals surface area contributed by atoms with Gasteiger partial charge in [0.15, 0.2) is 0 Å². The van der Waals surface area contributed by atoms with Crippen molar-refractivity contribution in [2.24, 2.45) is 0 Å². The van der Waals surface area contributed by atoms with Gasteiger partial charge in [-0.3, -0.25) is 0 Å². The van der Waals surface area contributed by atoms with Gasteiger partial charge in [-0.05, 0) is 93.0 Å². The topological polar surface area (TPSA) is 8.17 Å². The average molecular weight is 663 g/mol. The summed E-state index contributed by atoms with van der Waals surface area (Å²) in [6, 6.07) is 74.7. The Morgan fingerprint density at radius 2 is 0.846 bits per heavy atom. The Morgan fingerprint density at radius 3 is 1.54 bits per heavy atom. The maximum atomic E-state index is 2.45. The van der Waals surface area contributed by atoms with Crippen LogP contribution >= 0.6 is 0 Å². The van der Waals surface area contributed by atoms with E-state index in [1.54, 1.807) is 0 Å². The van der Waals surface area contributed by atoms with Crippen LogP contribution in [0.25, 0.3) is 71.3 Å². The molecule has 0 aliphatic carbocycles. The van der Waals surface area contributed by atoms with Gasteiger partial charge < -0.3 is 9.47 Å². The molecule has 10 rings (SSSR count). The fourth-order valence-corrected chi connectivity index (χ4v) is 8.18. The number of aromatic nitrogens is 1. The summed E-state index contributed by atoms with van der Waals surface area (Å²) in [5.41, 5.74) is 11.8. The summed E-state index contributed by atoms with van der Waals surface area (Å²) >= 11 is 0. The Labute approximate surface area is 303 Å². The van der Waals surface area contributed by atoms with Crippen molar-refractivity contribution in [2.45, 2.75) is 0 Å². The second-order valence-corrected chi connectivity index (χ2v) is 13.3. The highest BCUT2D eigenvalue weighted by atomic mass is 15.1. The number of nitrogens with zero attached hydrogens (tertiary/aromatic N) is 2. The third-order valence-corrected chi connectivity index (χ3v) is 10.3. The zero-order chi connectivity index (χ0) is 34.4.